The zero-order valence-corrected chi connectivity index (χ0v) is 16.0. The molecule has 1 aliphatic rings. The molecule has 0 N–H and O–H groups in total. The van der Waals surface area contributed by atoms with E-state index in [1.165, 1.54) is 25.7 Å². The second-order valence-corrected chi connectivity index (χ2v) is 8.18. The van der Waals surface area contributed by atoms with Crippen LogP contribution in [0.5, 0.6) is 0 Å². The second kappa shape index (κ2) is 9.98. The quantitative estimate of drug-likeness (QED) is 0.357. The van der Waals surface area contributed by atoms with E-state index in [1.807, 2.05) is 0 Å². The van der Waals surface area contributed by atoms with E-state index in [1.54, 1.807) is 6.92 Å². The van der Waals surface area contributed by atoms with Gasteiger partial charge in [-0.05, 0) is 19.8 Å². The molecule has 0 heterocycles. The van der Waals surface area contributed by atoms with Gasteiger partial charge in [-0.2, -0.15) is 0 Å². The minimum atomic E-state index is -1.18. The summed E-state index contributed by atoms with van der Waals surface area (Å²) in [4.78, 5) is 24.7. The highest BCUT2D eigenvalue weighted by molar-refractivity contribution is 9.11. The fourth-order valence-corrected chi connectivity index (χ4v) is 4.40. The standard InChI is InChI=1S/C16H26Br2O3/c1-2-21-15(20)16(18)12-10-8-6-4-3-5-7-9-11-13(17)14(16)19/h13H,2-12H2,1H3/t13-,16-/m0/s1. The fourth-order valence-electron chi connectivity index (χ4n) is 2.70. The smallest absolute Gasteiger partial charge is 0.330 e. The van der Waals surface area contributed by atoms with Gasteiger partial charge in [-0.25, -0.2) is 0 Å². The maximum atomic E-state index is 12.7. The second-order valence-electron chi connectivity index (χ2n) is 5.72. The zero-order chi connectivity index (χ0) is 15.7. The first-order valence-electron chi connectivity index (χ1n) is 8.07. The molecule has 1 saturated carbocycles. The predicted molar refractivity (Wildman–Crippen MR) is 92.2 cm³/mol. The highest BCUT2D eigenvalue weighted by atomic mass is 79.9. The Bertz CT molecular complexity index is 346. The van der Waals surface area contributed by atoms with Gasteiger partial charge in [0.25, 0.3) is 0 Å². The highest BCUT2D eigenvalue weighted by Gasteiger charge is 2.46. The maximum Gasteiger partial charge on any atom is 0.330 e. The van der Waals surface area contributed by atoms with Crippen molar-refractivity contribution in [2.75, 3.05) is 6.61 Å². The molecule has 1 rings (SSSR count). The van der Waals surface area contributed by atoms with Gasteiger partial charge in [-0.15, -0.1) is 0 Å². The lowest BCUT2D eigenvalue weighted by Gasteiger charge is -2.26. The summed E-state index contributed by atoms with van der Waals surface area (Å²) in [6.07, 6.45) is 10.4. The van der Waals surface area contributed by atoms with Crippen molar-refractivity contribution in [3.63, 3.8) is 0 Å². The highest BCUT2D eigenvalue weighted by Crippen LogP contribution is 2.33. The van der Waals surface area contributed by atoms with Crippen LogP contribution in [0.25, 0.3) is 0 Å². The summed E-state index contributed by atoms with van der Waals surface area (Å²) in [6.45, 7) is 2.07. The van der Waals surface area contributed by atoms with Crippen molar-refractivity contribution in [1.82, 2.24) is 0 Å². The lowest BCUT2D eigenvalue weighted by molar-refractivity contribution is -0.149. The number of ether oxygens (including phenoxy) is 1. The lowest BCUT2D eigenvalue weighted by atomic mass is 9.93. The number of esters is 1. The largest absolute Gasteiger partial charge is 0.465 e. The van der Waals surface area contributed by atoms with Crippen LogP contribution in [0.15, 0.2) is 0 Å². The van der Waals surface area contributed by atoms with Gasteiger partial charge < -0.3 is 4.74 Å². The third-order valence-corrected chi connectivity index (χ3v) is 5.99. The van der Waals surface area contributed by atoms with Crippen molar-refractivity contribution >= 4 is 43.6 Å². The average molecular weight is 426 g/mol. The van der Waals surface area contributed by atoms with Crippen molar-refractivity contribution in [1.29, 1.82) is 0 Å². The van der Waals surface area contributed by atoms with Gasteiger partial charge in [0, 0.05) is 0 Å². The number of alkyl halides is 2. The predicted octanol–water partition coefficient (Wildman–Crippen LogP) is 4.93. The van der Waals surface area contributed by atoms with Crippen LogP contribution in [0.4, 0.5) is 0 Å². The summed E-state index contributed by atoms with van der Waals surface area (Å²) >= 11 is 6.89. The zero-order valence-electron chi connectivity index (χ0n) is 12.8. The Balaban J connectivity index is 2.81. The molecule has 0 saturated heterocycles. The lowest BCUT2D eigenvalue weighted by Crippen LogP contribution is -2.46. The first-order chi connectivity index (χ1) is 10.0. The Morgan fingerprint density at radius 2 is 1.67 bits per heavy atom. The molecule has 2 atom stereocenters. The van der Waals surface area contributed by atoms with Gasteiger partial charge in [0.05, 0.1) is 11.4 Å². The Hall–Kier alpha value is 0.1000. The molecule has 0 spiro atoms. The first-order valence-corrected chi connectivity index (χ1v) is 9.77. The van der Waals surface area contributed by atoms with Gasteiger partial charge in [0.1, 0.15) is 0 Å². The number of carbonyl (C=O) groups is 2. The number of Topliss-reactive ketones (excluding diaryl/α,β-unsaturated/α-hetero) is 1. The third-order valence-electron chi connectivity index (χ3n) is 4.00. The fraction of sp³-hybridized carbons (Fsp3) is 0.875. The molecular weight excluding hydrogens is 400 g/mol. The molecule has 5 heteroatoms. The number of ketones is 1. The van der Waals surface area contributed by atoms with Crippen LogP contribution in [0.3, 0.4) is 0 Å². The Labute approximate surface area is 144 Å². The molecule has 0 unspecified atom stereocenters. The molecule has 0 radical (unpaired) electrons. The average Bonchev–Trinajstić information content (AvgIpc) is 2.48. The summed E-state index contributed by atoms with van der Waals surface area (Å²) < 4.78 is 3.95. The molecule has 0 bridgehead atoms. The molecular formula is C16H26Br2O3. The molecule has 0 amide bonds. The van der Waals surface area contributed by atoms with E-state index in [0.29, 0.717) is 13.0 Å². The minimum absolute atomic E-state index is 0.0832. The van der Waals surface area contributed by atoms with E-state index in [9.17, 15) is 9.59 Å². The van der Waals surface area contributed by atoms with E-state index < -0.39 is 10.3 Å². The summed E-state index contributed by atoms with van der Waals surface area (Å²) in [5, 5.41) is 0. The van der Waals surface area contributed by atoms with Crippen LogP contribution in [0.2, 0.25) is 0 Å². The molecule has 0 aromatic carbocycles. The summed E-state index contributed by atoms with van der Waals surface area (Å²) in [5.41, 5.74) is 0. The molecule has 0 aromatic heterocycles. The molecule has 3 nitrogen and oxygen atoms in total. The number of hydrogen-bond donors (Lipinski definition) is 0. The van der Waals surface area contributed by atoms with Crippen LogP contribution >= 0.6 is 31.9 Å². The normalized spacial score (nSPS) is 29.9. The summed E-state index contributed by atoms with van der Waals surface area (Å²) in [7, 11) is 0. The molecule has 21 heavy (non-hydrogen) atoms. The molecule has 122 valence electrons. The third kappa shape index (κ3) is 6.01. The van der Waals surface area contributed by atoms with E-state index in [-0.39, 0.29) is 10.6 Å². The van der Waals surface area contributed by atoms with Crippen molar-refractivity contribution in [2.24, 2.45) is 0 Å². The van der Waals surface area contributed by atoms with E-state index >= 15 is 0 Å². The van der Waals surface area contributed by atoms with Crippen LogP contribution in [-0.2, 0) is 14.3 Å². The molecule has 0 aliphatic heterocycles. The van der Waals surface area contributed by atoms with Crippen LogP contribution < -0.4 is 0 Å². The Kier molecular flexibility index (Phi) is 9.10. The first kappa shape index (κ1) is 19.1. The number of hydrogen-bond acceptors (Lipinski definition) is 3. The van der Waals surface area contributed by atoms with Crippen LogP contribution in [-0.4, -0.2) is 27.5 Å². The maximum absolute atomic E-state index is 12.7. The van der Waals surface area contributed by atoms with Gasteiger partial charge in [0.15, 0.2) is 10.1 Å². The number of halogens is 2. The van der Waals surface area contributed by atoms with E-state index in [2.05, 4.69) is 31.9 Å². The van der Waals surface area contributed by atoms with E-state index in [0.717, 1.165) is 32.1 Å². The van der Waals surface area contributed by atoms with E-state index in [4.69, 9.17) is 4.74 Å². The van der Waals surface area contributed by atoms with Crippen molar-refractivity contribution in [3.05, 3.63) is 0 Å². The van der Waals surface area contributed by atoms with Gasteiger partial charge in [-0.1, -0.05) is 83.2 Å². The Morgan fingerprint density at radius 1 is 1.14 bits per heavy atom. The molecule has 1 aliphatic carbocycles. The number of rotatable bonds is 2. The monoisotopic (exact) mass is 424 g/mol. The van der Waals surface area contributed by atoms with Crippen molar-refractivity contribution < 1.29 is 14.3 Å². The van der Waals surface area contributed by atoms with Gasteiger partial charge in [0.2, 0.25) is 0 Å². The molecule has 0 aromatic rings. The minimum Gasteiger partial charge on any atom is -0.465 e. The topological polar surface area (TPSA) is 43.4 Å². The van der Waals surface area contributed by atoms with Crippen molar-refractivity contribution in [3.8, 4) is 0 Å². The summed E-state index contributed by atoms with van der Waals surface area (Å²) in [5.74, 6) is -0.519. The Morgan fingerprint density at radius 3 is 2.24 bits per heavy atom. The van der Waals surface area contributed by atoms with Gasteiger partial charge >= 0.3 is 5.97 Å². The van der Waals surface area contributed by atoms with Crippen LogP contribution in [0, 0.1) is 0 Å². The molecule has 1 fully saturated rings. The SMILES string of the molecule is CCOC(=O)[C@]1(Br)CCCCCCCCCC[C@H](Br)C1=O. The van der Waals surface area contributed by atoms with Crippen LogP contribution in [0.1, 0.15) is 71.1 Å². The summed E-state index contributed by atoms with van der Waals surface area (Å²) in [6, 6.07) is 0. The number of carbonyl (C=O) groups excluding carboxylic acids is 2. The van der Waals surface area contributed by atoms with Gasteiger partial charge in [-0.3, -0.25) is 9.59 Å². The van der Waals surface area contributed by atoms with Crippen molar-refractivity contribution in [2.45, 2.75) is 80.3 Å².